The van der Waals surface area contributed by atoms with E-state index in [9.17, 15) is 105 Å². The second-order valence-electron chi connectivity index (χ2n) is 29.5. The number of nitrogens with two attached hydrogens (primary N) is 5. The zero-order chi connectivity index (χ0) is 93.3. The van der Waals surface area contributed by atoms with E-state index in [0.29, 0.717) is 33.5 Å². The fourth-order valence-electron chi connectivity index (χ4n) is 12.4. The summed E-state index contributed by atoms with van der Waals surface area (Å²) in [6, 6.07) is 2.42. The molecule has 0 bridgehead atoms. The number of aliphatic carboxylic acids is 1. The van der Waals surface area contributed by atoms with Gasteiger partial charge in [0.1, 0.15) is 72.5 Å². The lowest BCUT2D eigenvalue weighted by atomic mass is 10.0. The van der Waals surface area contributed by atoms with Crippen molar-refractivity contribution in [3.63, 3.8) is 0 Å². The number of sulfonamides is 1. The number of carbonyl (C=O) groups is 18. The van der Waals surface area contributed by atoms with Crippen molar-refractivity contribution in [1.82, 2.24) is 94.1 Å². The molecule has 0 aliphatic carbocycles. The minimum Gasteiger partial charge on any atom is -0.481 e. The number of hydrogen-bond acceptors (Lipinski definition) is 24. The number of para-hydroxylation sites is 1. The van der Waals surface area contributed by atoms with E-state index in [1.165, 1.54) is 67.7 Å². The number of amides is 17. The van der Waals surface area contributed by atoms with Gasteiger partial charge in [-0.1, -0.05) is 80.6 Å². The van der Waals surface area contributed by atoms with Crippen molar-refractivity contribution >= 4 is 145 Å². The summed E-state index contributed by atoms with van der Waals surface area (Å²) in [6.07, 6.45) is 0.546. The second-order valence-corrected chi connectivity index (χ2v) is 32.2. The van der Waals surface area contributed by atoms with Gasteiger partial charge in [-0.25, -0.2) is 13.4 Å². The summed E-state index contributed by atoms with van der Waals surface area (Å²) in [5, 5.41) is 61.9. The van der Waals surface area contributed by atoms with Crippen molar-refractivity contribution < 1.29 is 105 Å². The number of benzene rings is 3. The van der Waals surface area contributed by atoms with E-state index in [-0.39, 0.29) is 56.4 Å². The number of nitrogens with one attached hydrogen (secondary N) is 18. The first kappa shape index (κ1) is 103. The number of hydrogen-bond donors (Lipinski definition) is 25. The molecule has 686 valence electrons. The third kappa shape index (κ3) is 36.4. The molecule has 5 rings (SSSR count). The molecular formula is C78H110N24O22S2. The maximum atomic E-state index is 14.7. The van der Waals surface area contributed by atoms with Gasteiger partial charge in [0.15, 0.2) is 5.96 Å². The van der Waals surface area contributed by atoms with E-state index < -0.39 is 265 Å². The lowest BCUT2D eigenvalue weighted by Gasteiger charge is -2.26. The van der Waals surface area contributed by atoms with Gasteiger partial charge >= 0.3 is 5.97 Å². The number of nitrogens with zero attached hydrogens (tertiary/aromatic N) is 1. The number of guanidine groups is 1. The molecule has 2 aromatic heterocycles. The minimum absolute atomic E-state index is 0.0000822. The van der Waals surface area contributed by atoms with Crippen LogP contribution in [-0.4, -0.2) is 257 Å². The van der Waals surface area contributed by atoms with Crippen LogP contribution < -0.4 is 108 Å². The van der Waals surface area contributed by atoms with Gasteiger partial charge in [-0.05, 0) is 99.1 Å². The van der Waals surface area contributed by atoms with Gasteiger partial charge < -0.3 is 123 Å². The van der Waals surface area contributed by atoms with E-state index in [2.05, 4.69) is 94.1 Å². The summed E-state index contributed by atoms with van der Waals surface area (Å²) in [5.74, 6) is -19.9. The third-order valence-electron chi connectivity index (χ3n) is 18.9. The van der Waals surface area contributed by atoms with Crippen LogP contribution in [0.2, 0.25) is 0 Å². The van der Waals surface area contributed by atoms with Crippen LogP contribution in [0.5, 0.6) is 0 Å². The lowest BCUT2D eigenvalue weighted by Crippen LogP contribution is -2.60. The van der Waals surface area contributed by atoms with Crippen LogP contribution in [0, 0.1) is 11.3 Å². The van der Waals surface area contributed by atoms with Gasteiger partial charge in [0.25, 0.3) is 0 Å². The van der Waals surface area contributed by atoms with Crippen LogP contribution in [0.25, 0.3) is 10.9 Å². The Bertz CT molecular complexity index is 4760. The number of aliphatic hydroxyl groups is 1. The second kappa shape index (κ2) is 52.1. The van der Waals surface area contributed by atoms with E-state index >= 15 is 0 Å². The number of carboxylic acid groups (broad SMARTS) is 1. The average molecular weight is 1800 g/mol. The number of carbonyl (C=O) groups excluding carboxylic acids is 17. The molecule has 46 nitrogen and oxygen atoms in total. The molecule has 0 spiro atoms. The molecule has 17 amide bonds. The van der Waals surface area contributed by atoms with Gasteiger partial charge in [-0.15, -0.1) is 0 Å². The summed E-state index contributed by atoms with van der Waals surface area (Å²) in [4.78, 5) is 253. The quantitative estimate of drug-likeness (QED) is 0.00977. The van der Waals surface area contributed by atoms with Crippen LogP contribution in [0.15, 0.2) is 109 Å². The number of aromatic nitrogens is 3. The number of rotatable bonds is 57. The van der Waals surface area contributed by atoms with Crippen molar-refractivity contribution in [3.8, 4) is 0 Å². The van der Waals surface area contributed by atoms with Crippen LogP contribution in [0.1, 0.15) is 108 Å². The number of thioether (sulfide) groups is 1. The molecule has 30 N–H and O–H groups in total. The Kier molecular flexibility index (Phi) is 42.5. The first-order chi connectivity index (χ1) is 59.7. The molecule has 126 heavy (non-hydrogen) atoms. The van der Waals surface area contributed by atoms with Crippen LogP contribution >= 0.6 is 11.8 Å². The molecular weight excluding hydrogens is 1690 g/mol. The molecule has 12 atom stereocenters. The van der Waals surface area contributed by atoms with E-state index in [4.69, 9.17) is 34.1 Å². The third-order valence-corrected chi connectivity index (χ3v) is 21.0. The highest BCUT2D eigenvalue weighted by atomic mass is 32.2. The Hall–Kier alpha value is -13.6. The largest absolute Gasteiger partial charge is 0.481 e. The molecule has 0 aliphatic heterocycles. The Morgan fingerprint density at radius 1 is 0.476 bits per heavy atom. The van der Waals surface area contributed by atoms with Gasteiger partial charge in [-0.2, -0.15) is 16.5 Å². The summed E-state index contributed by atoms with van der Waals surface area (Å²) in [5.41, 5.74) is 29.4. The molecule has 0 radical (unpaired) electrons. The van der Waals surface area contributed by atoms with Crippen molar-refractivity contribution in [2.75, 3.05) is 38.2 Å². The monoisotopic (exact) mass is 1800 g/mol. The molecule has 0 fully saturated rings. The Morgan fingerprint density at radius 2 is 0.944 bits per heavy atom. The number of primary amides is 4. The highest BCUT2D eigenvalue weighted by Crippen LogP contribution is 2.21. The number of carboxylic acids is 1. The number of imidazole rings is 1. The molecule has 0 aliphatic rings. The lowest BCUT2D eigenvalue weighted by molar-refractivity contribution is -0.138. The number of fused-ring (bicyclic) bond motifs is 1. The van der Waals surface area contributed by atoms with E-state index in [0.717, 1.165) is 0 Å². The van der Waals surface area contributed by atoms with Gasteiger partial charge in [-0.3, -0.25) is 91.7 Å². The Balaban J connectivity index is 1.31. The minimum atomic E-state index is -4.49. The molecule has 3 aromatic carbocycles. The normalized spacial score (nSPS) is 14.0. The molecule has 0 saturated carbocycles. The molecule has 0 saturated heterocycles. The van der Waals surface area contributed by atoms with Crippen LogP contribution in [0.3, 0.4) is 0 Å². The van der Waals surface area contributed by atoms with Crippen molar-refractivity contribution in [3.05, 3.63) is 120 Å². The van der Waals surface area contributed by atoms with Crippen molar-refractivity contribution in [2.24, 2.45) is 34.6 Å². The first-order valence-electron chi connectivity index (χ1n) is 39.7. The van der Waals surface area contributed by atoms with Gasteiger partial charge in [0, 0.05) is 68.4 Å². The van der Waals surface area contributed by atoms with Crippen molar-refractivity contribution in [1.29, 1.82) is 5.41 Å². The predicted octanol–water partition coefficient (Wildman–Crippen LogP) is -7.34. The number of H-pyrrole nitrogens is 2. The fourth-order valence-corrected chi connectivity index (χ4v) is 14.1. The molecule has 48 heteroatoms. The predicted molar refractivity (Wildman–Crippen MR) is 453 cm³/mol. The highest BCUT2D eigenvalue weighted by Gasteiger charge is 2.38. The summed E-state index contributed by atoms with van der Waals surface area (Å²) >= 11 is 1.41. The zero-order valence-electron chi connectivity index (χ0n) is 69.5. The maximum Gasteiger partial charge on any atom is 0.303 e. The maximum absolute atomic E-state index is 14.7. The number of aliphatic hydroxyl groups excluding tert-OH is 1. The van der Waals surface area contributed by atoms with E-state index in [1.807, 2.05) is 0 Å². The summed E-state index contributed by atoms with van der Waals surface area (Å²) < 4.78 is 28.6. The fraction of sp³-hybridized carbons (Fsp3) is 0.462. The van der Waals surface area contributed by atoms with Gasteiger partial charge in [0.05, 0.1) is 43.0 Å². The SMILES string of the molecule is CSCC[C@H](NC(=O)[C@H](Cc1ccccc1)NC(=O)[C@H](Cc1c[nH]cn1)NC(=O)CNC(=O)[C@H](CCCNC(=N)N)NC(=O)[C@H](C)NC(=O)[C@H](Cc1c[nH]c2ccccc12)NC(=O)[C@H](CCC(N)=O)NC(=O)[C@H](CC(N)=O)NC(=O)CNC(=O)[C@H](CC(C)C)NC(=O)[C@H](CO)NC(=O)[C@H](CCC(N)=O)NC(=O)[C@H](CCC(=O)O)NS(=O)(=O)c1ccccc1)C(N)=O. The Labute approximate surface area is 727 Å². The van der Waals surface area contributed by atoms with Crippen molar-refractivity contribution in [2.45, 2.75) is 188 Å². The average Bonchev–Trinajstić information content (AvgIpc) is 1.67. The molecule has 0 unspecified atom stereocenters. The zero-order valence-corrected chi connectivity index (χ0v) is 71.1. The number of aromatic amines is 2. The standard InChI is InChI=1S/C78H110N24O22S2/c1-41(2)30-54(98-77(122)59(39-103)101-71(116)52(22-25-61(80)105)96-72(117)53(23-26-65(109)110)102-126(123,124)46-16-9-6-10-17-46)69(114)89-38-64(108)93-58(34-62(81)106)76(121)97-51(21-24-60(79)104)70(115)100-56(32-44-35-87-48-19-12-11-18-47(44)48)73(118)91-42(3)67(112)95-50(20-13-28-86-78(83)84)68(113)88-37-63(107)92-57(33-45-36-85-40-90-45)75(120)99-55(31-43-14-7-5-8-15-43)74(119)94-49(66(82)111)27-29-125-4/h5-12,14-19,35-36,40-42,49-59,87,102-103H,13,20-34,37-39H2,1-4H3,(H2,79,104)(H2,80,105)(H2,81,106)(H2,82,111)(H,85,90)(H,88,113)(H,89,114)(H,91,118)(H,92,107)(H,93,108)(H,94,119)(H,95,112)(H,96,117)(H,97,121)(H,98,122)(H,99,120)(H,100,115)(H,101,116)(H,109,110)(H4,83,84,86)/t42-,49-,50-,51-,52-,53-,54-,55-,56-,57-,58-,59-/m0/s1. The molecule has 5 aromatic rings. The summed E-state index contributed by atoms with van der Waals surface area (Å²) in [7, 11) is -4.49. The van der Waals surface area contributed by atoms with Gasteiger partial charge in [0.2, 0.25) is 110 Å². The molecule has 2 heterocycles. The smallest absolute Gasteiger partial charge is 0.303 e. The van der Waals surface area contributed by atoms with E-state index in [1.54, 1.807) is 74.7 Å². The Morgan fingerprint density at radius 3 is 1.48 bits per heavy atom. The van der Waals surface area contributed by atoms with Crippen LogP contribution in [0.4, 0.5) is 0 Å². The summed E-state index contributed by atoms with van der Waals surface area (Å²) in [6.45, 7) is 1.45. The topological polar surface area (TPSA) is 761 Å². The highest BCUT2D eigenvalue weighted by molar-refractivity contribution is 7.98. The van der Waals surface area contributed by atoms with Crippen LogP contribution in [-0.2, 0) is 116 Å². The first-order valence-corrected chi connectivity index (χ1v) is 42.6.